The van der Waals surface area contributed by atoms with E-state index in [4.69, 9.17) is 27.9 Å². The molecule has 1 saturated heterocycles. The summed E-state index contributed by atoms with van der Waals surface area (Å²) in [5.41, 5.74) is 1.03. The molecule has 1 aromatic rings. The van der Waals surface area contributed by atoms with E-state index in [-0.39, 0.29) is 11.7 Å². The molecule has 0 aliphatic carbocycles. The number of rotatable bonds is 2. The van der Waals surface area contributed by atoms with Gasteiger partial charge in [0, 0.05) is 12.3 Å². The average Bonchev–Trinajstić information content (AvgIpc) is 2.27. The van der Waals surface area contributed by atoms with E-state index in [1.54, 1.807) is 6.07 Å². The summed E-state index contributed by atoms with van der Waals surface area (Å²) < 4.78 is 5.30. The molecule has 1 fully saturated rings. The van der Waals surface area contributed by atoms with Crippen LogP contribution < -0.4 is 0 Å². The molecule has 0 unspecified atom stereocenters. The lowest BCUT2D eigenvalue weighted by molar-refractivity contribution is -0.130. The Hall–Kier alpha value is -0.570. The third-order valence-corrected chi connectivity index (χ3v) is 3.47. The van der Waals surface area contributed by atoms with E-state index in [1.165, 1.54) is 0 Å². The second-order valence-corrected chi connectivity index (χ2v) is 4.76. The molecule has 86 valence electrons. The quantitative estimate of drug-likeness (QED) is 0.815. The van der Waals surface area contributed by atoms with E-state index in [1.807, 2.05) is 12.1 Å². The van der Waals surface area contributed by atoms with Crippen molar-refractivity contribution in [1.29, 1.82) is 0 Å². The van der Waals surface area contributed by atoms with Crippen molar-refractivity contribution in [1.82, 2.24) is 0 Å². The molecule has 0 aromatic heterocycles. The number of Topliss-reactive ketones (excluding diaryl/α,β-unsaturated/α-hetero) is 1. The number of ether oxygens (including phenoxy) is 1. The van der Waals surface area contributed by atoms with Crippen LogP contribution in [0.5, 0.6) is 0 Å². The number of hydrogen-bond donors (Lipinski definition) is 0. The first-order valence-corrected chi connectivity index (χ1v) is 5.97. The van der Waals surface area contributed by atoms with Gasteiger partial charge in [0.15, 0.2) is 0 Å². The zero-order valence-corrected chi connectivity index (χ0v) is 10.2. The Morgan fingerprint density at radius 1 is 1.31 bits per heavy atom. The summed E-state index contributed by atoms with van der Waals surface area (Å²) in [6.07, 6.45) is 1.20. The van der Waals surface area contributed by atoms with Crippen LogP contribution in [0.25, 0.3) is 0 Å². The summed E-state index contributed by atoms with van der Waals surface area (Å²) >= 11 is 11.7. The highest BCUT2D eigenvalue weighted by atomic mass is 35.5. The Bertz CT molecular complexity index is 404. The van der Waals surface area contributed by atoms with Crippen LogP contribution in [0.1, 0.15) is 12.0 Å². The van der Waals surface area contributed by atoms with E-state index in [0.29, 0.717) is 36.1 Å². The molecule has 2 rings (SSSR count). The van der Waals surface area contributed by atoms with E-state index in [0.717, 1.165) is 5.56 Å². The minimum Gasteiger partial charge on any atom is -0.380 e. The first kappa shape index (κ1) is 11.9. The Labute approximate surface area is 104 Å². The zero-order chi connectivity index (χ0) is 11.5. The van der Waals surface area contributed by atoms with Crippen LogP contribution in [-0.2, 0) is 16.0 Å². The minimum atomic E-state index is -0.0361. The lowest BCUT2D eigenvalue weighted by Gasteiger charge is -2.20. The molecule has 1 atom stereocenters. The molecule has 0 N–H and O–H groups in total. The van der Waals surface area contributed by atoms with E-state index < -0.39 is 0 Å². The number of carbonyl (C=O) groups is 1. The summed E-state index contributed by atoms with van der Waals surface area (Å²) in [5.74, 6) is 0.239. The Morgan fingerprint density at radius 3 is 2.81 bits per heavy atom. The Balaban J connectivity index is 2.08. The molecular formula is C12H12Cl2O2. The fourth-order valence-electron chi connectivity index (χ4n) is 1.82. The number of benzene rings is 1. The molecule has 2 nitrogen and oxygen atoms in total. The monoisotopic (exact) mass is 258 g/mol. The standard InChI is InChI=1S/C12H12Cl2O2/c13-10-2-1-8(6-11(10)14)5-9-7-16-4-3-12(9)15/h1-2,6,9H,3-5,7H2/t9-/m0/s1. The van der Waals surface area contributed by atoms with E-state index in [9.17, 15) is 4.79 Å². The van der Waals surface area contributed by atoms with Crippen LogP contribution in [-0.4, -0.2) is 19.0 Å². The SMILES string of the molecule is O=C1CCOC[C@@H]1Cc1ccc(Cl)c(Cl)c1. The fourth-order valence-corrected chi connectivity index (χ4v) is 2.14. The maximum absolute atomic E-state index is 11.6. The lowest BCUT2D eigenvalue weighted by atomic mass is 9.93. The fraction of sp³-hybridized carbons (Fsp3) is 0.417. The number of hydrogen-bond acceptors (Lipinski definition) is 2. The molecule has 0 radical (unpaired) electrons. The van der Waals surface area contributed by atoms with Gasteiger partial charge in [-0.1, -0.05) is 29.3 Å². The number of ketones is 1. The predicted octanol–water partition coefficient (Wildman–Crippen LogP) is 3.14. The molecule has 0 spiro atoms. The van der Waals surface area contributed by atoms with Gasteiger partial charge in [-0.3, -0.25) is 4.79 Å². The van der Waals surface area contributed by atoms with E-state index >= 15 is 0 Å². The van der Waals surface area contributed by atoms with Crippen molar-refractivity contribution in [3.05, 3.63) is 33.8 Å². The Kier molecular flexibility index (Phi) is 3.85. The highest BCUT2D eigenvalue weighted by molar-refractivity contribution is 6.42. The molecule has 0 bridgehead atoms. The number of carbonyl (C=O) groups excluding carboxylic acids is 1. The van der Waals surface area contributed by atoms with Gasteiger partial charge in [-0.15, -0.1) is 0 Å². The lowest BCUT2D eigenvalue weighted by Crippen LogP contribution is -2.29. The maximum atomic E-state index is 11.6. The van der Waals surface area contributed by atoms with Gasteiger partial charge in [-0.2, -0.15) is 0 Å². The molecule has 1 aliphatic rings. The van der Waals surface area contributed by atoms with Gasteiger partial charge < -0.3 is 4.74 Å². The summed E-state index contributed by atoms with van der Waals surface area (Å²) in [7, 11) is 0. The highest BCUT2D eigenvalue weighted by Crippen LogP contribution is 2.25. The van der Waals surface area contributed by atoms with Crippen molar-refractivity contribution in [3.63, 3.8) is 0 Å². The van der Waals surface area contributed by atoms with E-state index in [2.05, 4.69) is 0 Å². The summed E-state index contributed by atoms with van der Waals surface area (Å²) in [4.78, 5) is 11.6. The maximum Gasteiger partial charge on any atom is 0.140 e. The third-order valence-electron chi connectivity index (χ3n) is 2.73. The molecular weight excluding hydrogens is 247 g/mol. The van der Waals surface area contributed by atoms with Crippen LogP contribution in [0.2, 0.25) is 10.0 Å². The first-order chi connectivity index (χ1) is 7.66. The van der Waals surface area contributed by atoms with Gasteiger partial charge in [-0.05, 0) is 24.1 Å². The Morgan fingerprint density at radius 2 is 2.12 bits per heavy atom. The van der Waals surface area contributed by atoms with Crippen LogP contribution in [0, 0.1) is 5.92 Å². The van der Waals surface area contributed by atoms with Crippen LogP contribution in [0.3, 0.4) is 0 Å². The van der Waals surface area contributed by atoms with Gasteiger partial charge in [0.05, 0.1) is 23.3 Å². The van der Waals surface area contributed by atoms with Gasteiger partial charge in [-0.25, -0.2) is 0 Å². The topological polar surface area (TPSA) is 26.3 Å². The minimum absolute atomic E-state index is 0.0361. The van der Waals surface area contributed by atoms with Crippen molar-refractivity contribution < 1.29 is 9.53 Å². The third kappa shape index (κ3) is 2.76. The second-order valence-electron chi connectivity index (χ2n) is 3.94. The zero-order valence-electron chi connectivity index (χ0n) is 8.71. The van der Waals surface area contributed by atoms with Gasteiger partial charge in [0.2, 0.25) is 0 Å². The van der Waals surface area contributed by atoms with Gasteiger partial charge in [0.1, 0.15) is 5.78 Å². The first-order valence-electron chi connectivity index (χ1n) is 5.21. The molecule has 16 heavy (non-hydrogen) atoms. The van der Waals surface area contributed by atoms with Crippen molar-refractivity contribution in [2.24, 2.45) is 5.92 Å². The summed E-state index contributed by atoms with van der Waals surface area (Å²) in [6.45, 7) is 1.07. The molecule has 1 aliphatic heterocycles. The highest BCUT2D eigenvalue weighted by Gasteiger charge is 2.23. The average molecular weight is 259 g/mol. The van der Waals surface area contributed by atoms with Crippen LogP contribution >= 0.6 is 23.2 Å². The van der Waals surface area contributed by atoms with Crippen molar-refractivity contribution in [2.75, 3.05) is 13.2 Å². The predicted molar refractivity (Wildman–Crippen MR) is 64.1 cm³/mol. The molecule has 1 heterocycles. The van der Waals surface area contributed by atoms with Crippen molar-refractivity contribution in [2.45, 2.75) is 12.8 Å². The van der Waals surface area contributed by atoms with Gasteiger partial charge in [0.25, 0.3) is 0 Å². The molecule has 4 heteroatoms. The van der Waals surface area contributed by atoms with Crippen LogP contribution in [0.4, 0.5) is 0 Å². The molecule has 1 aromatic carbocycles. The van der Waals surface area contributed by atoms with Gasteiger partial charge >= 0.3 is 0 Å². The molecule has 0 saturated carbocycles. The van der Waals surface area contributed by atoms with Crippen LogP contribution in [0.15, 0.2) is 18.2 Å². The smallest absolute Gasteiger partial charge is 0.140 e. The molecule has 0 amide bonds. The number of halogens is 2. The normalized spacial score (nSPS) is 21.1. The second kappa shape index (κ2) is 5.17. The van der Waals surface area contributed by atoms with Crippen molar-refractivity contribution in [3.8, 4) is 0 Å². The summed E-state index contributed by atoms with van der Waals surface area (Å²) in [6, 6.07) is 5.47. The largest absolute Gasteiger partial charge is 0.380 e. The summed E-state index contributed by atoms with van der Waals surface area (Å²) in [5, 5.41) is 1.07. The van der Waals surface area contributed by atoms with Crippen molar-refractivity contribution >= 4 is 29.0 Å².